The van der Waals surface area contributed by atoms with Crippen molar-refractivity contribution in [3.63, 3.8) is 0 Å². The molecule has 2 aromatic rings. The van der Waals surface area contributed by atoms with Gasteiger partial charge in [-0.15, -0.1) is 0 Å². The van der Waals surface area contributed by atoms with Crippen LogP contribution in [0, 0.1) is 6.92 Å². The van der Waals surface area contributed by atoms with Gasteiger partial charge in [-0.05, 0) is 13.0 Å². The highest BCUT2D eigenvalue weighted by Crippen LogP contribution is 2.27. The van der Waals surface area contributed by atoms with Gasteiger partial charge >= 0.3 is 11.9 Å². The molecular weight excluding hydrogens is 329 g/mol. The average molecular weight is 344 g/mol. The van der Waals surface area contributed by atoms with Crippen LogP contribution in [0.15, 0.2) is 10.9 Å². The summed E-state index contributed by atoms with van der Waals surface area (Å²) in [6, 6.07) is 0.868. The first kappa shape index (κ1) is 17.6. The molecule has 3 N–H and O–H groups in total. The first-order valence-electron chi connectivity index (χ1n) is 7.06. The van der Waals surface area contributed by atoms with Gasteiger partial charge < -0.3 is 5.32 Å². The van der Waals surface area contributed by atoms with Crippen LogP contribution in [0.3, 0.4) is 0 Å². The molecule has 0 fully saturated rings. The van der Waals surface area contributed by atoms with Crippen LogP contribution in [0.25, 0.3) is 0 Å². The Labute approximate surface area is 133 Å². The Balaban J connectivity index is 1.82. The predicted molar refractivity (Wildman–Crippen MR) is 76.0 cm³/mol. The summed E-state index contributed by atoms with van der Waals surface area (Å²) in [4.78, 5) is 32.3. The van der Waals surface area contributed by atoms with Gasteiger partial charge in [-0.1, -0.05) is 0 Å². The van der Waals surface area contributed by atoms with E-state index in [0.717, 1.165) is 6.07 Å². The van der Waals surface area contributed by atoms with Crippen LogP contribution in [-0.4, -0.2) is 37.6 Å². The molecule has 0 aromatic carbocycles. The highest BCUT2D eigenvalue weighted by Gasteiger charge is 2.33. The summed E-state index contributed by atoms with van der Waals surface area (Å²) in [7, 11) is 0. The number of rotatable bonds is 6. The van der Waals surface area contributed by atoms with Gasteiger partial charge in [0.05, 0.1) is 0 Å². The van der Waals surface area contributed by atoms with Crippen molar-refractivity contribution in [2.24, 2.45) is 0 Å². The van der Waals surface area contributed by atoms with Gasteiger partial charge in [0.1, 0.15) is 17.3 Å². The Morgan fingerprint density at radius 1 is 1.29 bits per heavy atom. The second kappa shape index (κ2) is 7.23. The molecule has 0 spiro atoms. The third kappa shape index (κ3) is 5.18. The van der Waals surface area contributed by atoms with E-state index in [1.807, 2.05) is 0 Å². The summed E-state index contributed by atoms with van der Waals surface area (Å²) in [6.07, 6.45) is -4.13. The van der Waals surface area contributed by atoms with Gasteiger partial charge in [-0.3, -0.25) is 9.78 Å². The number of hydrogen-bond donors (Lipinski definition) is 3. The molecule has 0 aliphatic carbocycles. The third-order valence-electron chi connectivity index (χ3n) is 3.00. The van der Waals surface area contributed by atoms with Crippen LogP contribution in [-0.2, 0) is 23.8 Å². The minimum Gasteiger partial charge on any atom is -0.356 e. The highest BCUT2D eigenvalue weighted by molar-refractivity contribution is 5.75. The maximum atomic E-state index is 12.7. The number of hydrogen-bond acceptors (Lipinski definition) is 5. The largest absolute Gasteiger partial charge is 0.433 e. The van der Waals surface area contributed by atoms with E-state index >= 15 is 0 Å². The van der Waals surface area contributed by atoms with Crippen LogP contribution < -0.4 is 11.0 Å². The highest BCUT2D eigenvalue weighted by atomic mass is 19.4. The molecule has 2 rings (SSSR count). The van der Waals surface area contributed by atoms with Crippen LogP contribution in [0.5, 0.6) is 0 Å². The molecule has 0 bridgehead atoms. The Hall–Kier alpha value is -2.72. The summed E-state index contributed by atoms with van der Waals surface area (Å²) in [6.45, 7) is 1.56. The molecule has 0 saturated heterocycles. The quantitative estimate of drug-likeness (QED) is 0.706. The van der Waals surface area contributed by atoms with Gasteiger partial charge in [0.2, 0.25) is 5.91 Å². The zero-order valence-electron chi connectivity index (χ0n) is 12.7. The molecule has 8 nitrogen and oxygen atoms in total. The summed E-state index contributed by atoms with van der Waals surface area (Å²) in [5.41, 5.74) is -1.25. The zero-order chi connectivity index (χ0) is 17.7. The van der Waals surface area contributed by atoms with Crippen LogP contribution in [0.2, 0.25) is 0 Å². The van der Waals surface area contributed by atoms with Gasteiger partial charge in [0.15, 0.2) is 0 Å². The fraction of sp³-hybridized carbons (Fsp3) is 0.462. The maximum Gasteiger partial charge on any atom is 0.433 e. The van der Waals surface area contributed by atoms with E-state index in [9.17, 15) is 22.8 Å². The predicted octanol–water partition coefficient (Wildman–Crippen LogP) is 0.507. The molecular formula is C13H15F3N6O2. The number of halogens is 3. The SMILES string of the molecule is Cc1cc(C(F)(F)F)nc(CCNC(=O)CCc2n[nH]c(=O)[nH]2)n1. The number of nitrogens with one attached hydrogen (secondary N) is 3. The lowest BCUT2D eigenvalue weighted by molar-refractivity contribution is -0.141. The molecule has 2 aromatic heterocycles. The van der Waals surface area contributed by atoms with Crippen LogP contribution in [0.1, 0.15) is 29.5 Å². The average Bonchev–Trinajstić information content (AvgIpc) is 2.89. The molecule has 24 heavy (non-hydrogen) atoms. The zero-order valence-corrected chi connectivity index (χ0v) is 12.7. The summed E-state index contributed by atoms with van der Waals surface area (Å²) >= 11 is 0. The van der Waals surface area contributed by atoms with Crippen molar-refractivity contribution in [1.29, 1.82) is 0 Å². The molecule has 11 heteroatoms. The second-order valence-corrected chi connectivity index (χ2v) is 5.03. The van der Waals surface area contributed by atoms with Crippen LogP contribution >= 0.6 is 0 Å². The van der Waals surface area contributed by atoms with Crippen molar-refractivity contribution in [1.82, 2.24) is 30.5 Å². The van der Waals surface area contributed by atoms with E-state index in [1.54, 1.807) is 0 Å². The number of H-pyrrole nitrogens is 2. The van der Waals surface area contributed by atoms with E-state index in [0.29, 0.717) is 5.82 Å². The number of aromatic nitrogens is 5. The van der Waals surface area contributed by atoms with Gasteiger partial charge in [0.25, 0.3) is 0 Å². The van der Waals surface area contributed by atoms with Gasteiger partial charge in [0, 0.05) is 31.5 Å². The molecule has 0 unspecified atom stereocenters. The van der Waals surface area contributed by atoms with Crippen molar-refractivity contribution in [2.45, 2.75) is 32.4 Å². The third-order valence-corrected chi connectivity index (χ3v) is 3.00. The first-order valence-corrected chi connectivity index (χ1v) is 7.06. The summed E-state index contributed by atoms with van der Waals surface area (Å²) in [5.74, 6) is 0.0498. The Morgan fingerprint density at radius 3 is 2.67 bits per heavy atom. The van der Waals surface area contributed by atoms with E-state index in [4.69, 9.17) is 0 Å². The number of aromatic amines is 2. The van der Waals surface area contributed by atoms with E-state index < -0.39 is 17.6 Å². The van der Waals surface area contributed by atoms with Crippen molar-refractivity contribution in [3.8, 4) is 0 Å². The topological polar surface area (TPSA) is 116 Å². The number of carbonyl (C=O) groups excluding carboxylic acids is 1. The molecule has 0 saturated carbocycles. The van der Waals surface area contributed by atoms with Gasteiger partial charge in [-0.25, -0.2) is 19.9 Å². The number of amides is 1. The molecule has 0 atom stereocenters. The number of aryl methyl sites for hydroxylation is 2. The molecule has 0 aliphatic rings. The number of carbonyl (C=O) groups is 1. The minimum atomic E-state index is -4.54. The normalized spacial score (nSPS) is 11.5. The van der Waals surface area contributed by atoms with Crippen molar-refractivity contribution < 1.29 is 18.0 Å². The van der Waals surface area contributed by atoms with Crippen LogP contribution in [0.4, 0.5) is 13.2 Å². The fourth-order valence-electron chi connectivity index (χ4n) is 1.94. The molecule has 0 aliphatic heterocycles. The van der Waals surface area contributed by atoms with Crippen molar-refractivity contribution in [3.05, 3.63) is 39.6 Å². The van der Waals surface area contributed by atoms with Crippen molar-refractivity contribution >= 4 is 5.91 Å². The lowest BCUT2D eigenvalue weighted by atomic mass is 10.2. The number of alkyl halides is 3. The number of nitrogens with zero attached hydrogens (tertiary/aromatic N) is 3. The Kier molecular flexibility index (Phi) is 5.31. The Bertz CT molecular complexity index is 768. The fourth-order valence-corrected chi connectivity index (χ4v) is 1.94. The standard InChI is InChI=1S/C13H15F3N6O2/c1-7-6-8(13(14,15)16)19-9(18-7)4-5-17-11(23)3-2-10-20-12(24)22-21-10/h6H,2-5H2,1H3,(H,17,23)(H2,20,21,22,24). The summed E-state index contributed by atoms with van der Waals surface area (Å²) < 4.78 is 38.0. The molecule has 2 heterocycles. The minimum absolute atomic E-state index is 0.0132. The molecule has 1 amide bonds. The first-order chi connectivity index (χ1) is 11.2. The maximum absolute atomic E-state index is 12.7. The Morgan fingerprint density at radius 2 is 2.04 bits per heavy atom. The molecule has 0 radical (unpaired) electrons. The monoisotopic (exact) mass is 344 g/mol. The summed E-state index contributed by atoms with van der Waals surface area (Å²) in [5, 5.41) is 8.39. The second-order valence-electron chi connectivity index (χ2n) is 5.03. The van der Waals surface area contributed by atoms with E-state index in [1.165, 1.54) is 6.92 Å². The lowest BCUT2D eigenvalue weighted by Crippen LogP contribution is -2.26. The van der Waals surface area contributed by atoms with E-state index in [2.05, 4.69) is 30.5 Å². The lowest BCUT2D eigenvalue weighted by Gasteiger charge is -2.09. The molecule has 130 valence electrons. The smallest absolute Gasteiger partial charge is 0.356 e. The van der Waals surface area contributed by atoms with Gasteiger partial charge in [-0.2, -0.15) is 18.3 Å². The van der Waals surface area contributed by atoms with Crippen molar-refractivity contribution in [2.75, 3.05) is 6.54 Å². The van der Waals surface area contributed by atoms with E-state index in [-0.39, 0.29) is 43.2 Å².